The molecule has 3 N–H and O–H groups in total. The van der Waals surface area contributed by atoms with Crippen LogP contribution in [-0.2, 0) is 4.79 Å². The lowest BCUT2D eigenvalue weighted by molar-refractivity contribution is -0.143. The highest BCUT2D eigenvalue weighted by molar-refractivity contribution is 5.79. The number of carboxylic acid groups (broad SMARTS) is 1. The zero-order valence-corrected chi connectivity index (χ0v) is 9.10. The number of carbonyl (C=O) groups is 1. The zero-order chi connectivity index (χ0) is 11.8. The highest BCUT2D eigenvalue weighted by Crippen LogP contribution is 2.32. The number of aliphatic carboxylic acids is 1. The van der Waals surface area contributed by atoms with Crippen molar-refractivity contribution in [1.82, 2.24) is 5.32 Å². The van der Waals surface area contributed by atoms with E-state index in [1.165, 1.54) is 0 Å². The Balaban J connectivity index is 2.15. The van der Waals surface area contributed by atoms with Crippen LogP contribution < -0.4 is 5.32 Å². The van der Waals surface area contributed by atoms with Gasteiger partial charge >= 0.3 is 5.97 Å². The van der Waals surface area contributed by atoms with Gasteiger partial charge in [0.1, 0.15) is 11.3 Å². The van der Waals surface area contributed by atoms with Crippen LogP contribution in [0.2, 0.25) is 0 Å². The fourth-order valence-electron chi connectivity index (χ4n) is 2.13. The van der Waals surface area contributed by atoms with Gasteiger partial charge in [0, 0.05) is 6.54 Å². The van der Waals surface area contributed by atoms with Gasteiger partial charge in [-0.25, -0.2) is 0 Å². The molecule has 1 heterocycles. The third-order valence-electron chi connectivity index (χ3n) is 3.23. The Morgan fingerprint density at radius 2 is 2.06 bits per heavy atom. The van der Waals surface area contributed by atoms with Gasteiger partial charge in [0.05, 0.1) is 0 Å². The molecule has 2 atom stereocenters. The summed E-state index contributed by atoms with van der Waals surface area (Å²) in [5, 5.41) is 21.3. The molecule has 0 radical (unpaired) electrons. The first kappa shape index (κ1) is 11.0. The Hall–Kier alpha value is -1.55. The number of hydrogen-bond donors (Lipinski definition) is 3. The number of aromatic hydroxyl groups is 1. The zero-order valence-electron chi connectivity index (χ0n) is 9.10. The van der Waals surface area contributed by atoms with Gasteiger partial charge in [-0.15, -0.1) is 0 Å². The minimum Gasteiger partial charge on any atom is -0.508 e. The molecule has 2 rings (SSSR count). The van der Waals surface area contributed by atoms with Crippen molar-refractivity contribution in [1.29, 1.82) is 0 Å². The number of carboxylic acids is 1. The van der Waals surface area contributed by atoms with Gasteiger partial charge in [-0.1, -0.05) is 12.1 Å². The average molecular weight is 221 g/mol. The molecule has 1 aliphatic rings. The molecule has 1 aromatic carbocycles. The topological polar surface area (TPSA) is 69.6 Å². The van der Waals surface area contributed by atoms with Crippen molar-refractivity contribution in [2.24, 2.45) is 0 Å². The first-order valence-corrected chi connectivity index (χ1v) is 5.28. The van der Waals surface area contributed by atoms with Crippen LogP contribution in [0.15, 0.2) is 24.3 Å². The van der Waals surface area contributed by atoms with Crippen LogP contribution in [0.5, 0.6) is 5.75 Å². The minimum absolute atomic E-state index is 0.196. The van der Waals surface area contributed by atoms with Gasteiger partial charge in [-0.3, -0.25) is 4.79 Å². The molecule has 4 heteroatoms. The maximum Gasteiger partial charge on any atom is 0.323 e. The summed E-state index contributed by atoms with van der Waals surface area (Å²) in [6.07, 6.45) is 0.576. The number of phenols is 1. The third kappa shape index (κ3) is 1.88. The molecule has 2 unspecified atom stereocenters. The van der Waals surface area contributed by atoms with Crippen molar-refractivity contribution < 1.29 is 15.0 Å². The van der Waals surface area contributed by atoms with Crippen molar-refractivity contribution in [3.8, 4) is 5.75 Å². The number of phenolic OH excluding ortho intramolecular Hbond substituents is 1. The predicted molar refractivity (Wildman–Crippen MR) is 59.5 cm³/mol. The Labute approximate surface area is 93.9 Å². The number of rotatable bonds is 2. The van der Waals surface area contributed by atoms with E-state index in [4.69, 9.17) is 5.11 Å². The summed E-state index contributed by atoms with van der Waals surface area (Å²) >= 11 is 0. The maximum atomic E-state index is 11.1. The first-order valence-electron chi connectivity index (χ1n) is 5.28. The van der Waals surface area contributed by atoms with Crippen molar-refractivity contribution in [2.45, 2.75) is 24.8 Å². The van der Waals surface area contributed by atoms with Gasteiger partial charge in [0.25, 0.3) is 0 Å². The van der Waals surface area contributed by atoms with Crippen LogP contribution in [0.25, 0.3) is 0 Å². The molecule has 0 saturated carbocycles. The third-order valence-corrected chi connectivity index (χ3v) is 3.23. The summed E-state index contributed by atoms with van der Waals surface area (Å²) in [6.45, 7) is 2.36. The van der Waals surface area contributed by atoms with Crippen LogP contribution in [-0.4, -0.2) is 28.3 Å². The number of hydrogen-bond acceptors (Lipinski definition) is 3. The number of benzene rings is 1. The summed E-state index contributed by atoms with van der Waals surface area (Å²) in [5.74, 6) is -0.383. The summed E-state index contributed by atoms with van der Waals surface area (Å²) < 4.78 is 0. The second kappa shape index (κ2) is 3.79. The quantitative estimate of drug-likeness (QED) is 0.704. The van der Waals surface area contributed by atoms with Gasteiger partial charge in [0.15, 0.2) is 0 Å². The average Bonchev–Trinajstić information content (AvgIpc) is 2.63. The molecule has 1 aromatic rings. The van der Waals surface area contributed by atoms with E-state index in [0.29, 0.717) is 13.0 Å². The lowest BCUT2D eigenvalue weighted by atomic mass is 9.90. The monoisotopic (exact) mass is 221 g/mol. The summed E-state index contributed by atoms with van der Waals surface area (Å²) in [6, 6.07) is 6.95. The van der Waals surface area contributed by atoms with E-state index < -0.39 is 11.5 Å². The SMILES string of the molecule is CC1(C(=O)O)CC(c2ccc(O)cc2)CN1. The van der Waals surface area contributed by atoms with Gasteiger partial charge in [-0.05, 0) is 37.0 Å². The second-order valence-corrected chi connectivity index (χ2v) is 4.51. The van der Waals surface area contributed by atoms with E-state index in [1.807, 2.05) is 12.1 Å². The normalized spacial score (nSPS) is 29.2. The van der Waals surface area contributed by atoms with Gasteiger partial charge in [-0.2, -0.15) is 0 Å². The van der Waals surface area contributed by atoms with E-state index in [2.05, 4.69) is 5.32 Å². The molecule has 16 heavy (non-hydrogen) atoms. The summed E-state index contributed by atoms with van der Waals surface area (Å²) in [7, 11) is 0. The predicted octanol–water partition coefficient (Wildman–Crippen LogP) is 1.31. The van der Waals surface area contributed by atoms with E-state index in [-0.39, 0.29) is 11.7 Å². The smallest absolute Gasteiger partial charge is 0.323 e. The first-order chi connectivity index (χ1) is 7.51. The van der Waals surface area contributed by atoms with Crippen molar-refractivity contribution in [2.75, 3.05) is 6.54 Å². The molecule has 1 fully saturated rings. The Morgan fingerprint density at radius 1 is 1.44 bits per heavy atom. The molecule has 0 spiro atoms. The summed E-state index contributed by atoms with van der Waals surface area (Å²) in [4.78, 5) is 11.1. The largest absolute Gasteiger partial charge is 0.508 e. The van der Waals surface area contributed by atoms with E-state index in [0.717, 1.165) is 5.56 Å². The van der Waals surface area contributed by atoms with E-state index >= 15 is 0 Å². The van der Waals surface area contributed by atoms with Crippen molar-refractivity contribution in [3.63, 3.8) is 0 Å². The molecule has 4 nitrogen and oxygen atoms in total. The highest BCUT2D eigenvalue weighted by atomic mass is 16.4. The minimum atomic E-state index is -0.831. The Morgan fingerprint density at radius 3 is 2.56 bits per heavy atom. The highest BCUT2D eigenvalue weighted by Gasteiger charge is 2.41. The van der Waals surface area contributed by atoms with Crippen LogP contribution in [0.1, 0.15) is 24.8 Å². The van der Waals surface area contributed by atoms with E-state index in [9.17, 15) is 9.90 Å². The van der Waals surface area contributed by atoms with Crippen LogP contribution in [0.3, 0.4) is 0 Å². The van der Waals surface area contributed by atoms with Crippen LogP contribution in [0, 0.1) is 0 Å². The molecule has 86 valence electrons. The van der Waals surface area contributed by atoms with Crippen molar-refractivity contribution in [3.05, 3.63) is 29.8 Å². The molecular formula is C12H15NO3. The Bertz CT molecular complexity index is 401. The Kier molecular flexibility index (Phi) is 2.59. The van der Waals surface area contributed by atoms with Gasteiger partial charge in [0.2, 0.25) is 0 Å². The molecule has 0 bridgehead atoms. The maximum absolute atomic E-state index is 11.1. The number of nitrogens with one attached hydrogen (secondary N) is 1. The standard InChI is InChI=1S/C12H15NO3/c1-12(11(15)16)6-9(7-13-12)8-2-4-10(14)5-3-8/h2-5,9,13-14H,6-7H2,1H3,(H,15,16). The van der Waals surface area contributed by atoms with Crippen LogP contribution in [0.4, 0.5) is 0 Å². The second-order valence-electron chi connectivity index (χ2n) is 4.51. The fourth-order valence-corrected chi connectivity index (χ4v) is 2.13. The molecule has 0 amide bonds. The van der Waals surface area contributed by atoms with Crippen LogP contribution >= 0.6 is 0 Å². The summed E-state index contributed by atoms with van der Waals surface area (Å²) in [5.41, 5.74) is 0.234. The molecule has 1 aliphatic heterocycles. The lowest BCUT2D eigenvalue weighted by Gasteiger charge is -2.18. The van der Waals surface area contributed by atoms with Gasteiger partial charge < -0.3 is 15.5 Å². The molecule has 0 aliphatic carbocycles. The molecular weight excluding hydrogens is 206 g/mol. The molecule has 0 aromatic heterocycles. The fraction of sp³-hybridized carbons (Fsp3) is 0.417. The molecule has 1 saturated heterocycles. The van der Waals surface area contributed by atoms with Crippen molar-refractivity contribution >= 4 is 5.97 Å². The lowest BCUT2D eigenvalue weighted by Crippen LogP contribution is -2.44. The van der Waals surface area contributed by atoms with E-state index in [1.54, 1.807) is 19.1 Å².